The molecule has 1 N–H and O–H groups in total. The van der Waals surface area contributed by atoms with E-state index in [0.717, 1.165) is 23.5 Å². The van der Waals surface area contributed by atoms with Gasteiger partial charge in [-0.25, -0.2) is 9.50 Å². The van der Waals surface area contributed by atoms with Crippen LogP contribution in [-0.2, 0) is 6.18 Å². The van der Waals surface area contributed by atoms with Crippen LogP contribution in [-0.4, -0.2) is 38.9 Å². The van der Waals surface area contributed by atoms with Gasteiger partial charge in [0.1, 0.15) is 5.52 Å². The van der Waals surface area contributed by atoms with Crippen LogP contribution < -0.4 is 4.90 Å². The highest BCUT2D eigenvalue weighted by Crippen LogP contribution is 2.33. The smallest absolute Gasteiger partial charge is 0.393 e. The molecule has 0 spiro atoms. The van der Waals surface area contributed by atoms with Gasteiger partial charge in [-0.3, -0.25) is 0 Å². The van der Waals surface area contributed by atoms with Gasteiger partial charge >= 0.3 is 6.18 Å². The van der Waals surface area contributed by atoms with Gasteiger partial charge in [-0.15, -0.1) is 0 Å². The van der Waals surface area contributed by atoms with Crippen LogP contribution in [0.4, 0.5) is 19.0 Å². The van der Waals surface area contributed by atoms with Crippen molar-refractivity contribution in [1.29, 1.82) is 0 Å². The Morgan fingerprint density at radius 3 is 2.62 bits per heavy atom. The number of alkyl halides is 3. The van der Waals surface area contributed by atoms with E-state index in [-0.39, 0.29) is 6.10 Å². The van der Waals surface area contributed by atoms with Crippen LogP contribution in [0, 0.1) is 0 Å². The molecule has 0 radical (unpaired) electrons. The molecule has 8 heteroatoms. The molecule has 136 valence electrons. The second-order valence-electron chi connectivity index (χ2n) is 6.41. The van der Waals surface area contributed by atoms with Crippen LogP contribution in [0.2, 0.25) is 0 Å². The molecule has 5 nitrogen and oxygen atoms in total. The number of nitrogens with zero attached hydrogens (tertiary/aromatic N) is 4. The lowest BCUT2D eigenvalue weighted by Gasteiger charge is -2.30. The van der Waals surface area contributed by atoms with Crippen LogP contribution in [0.25, 0.3) is 16.8 Å². The Morgan fingerprint density at radius 2 is 1.88 bits per heavy atom. The van der Waals surface area contributed by atoms with Gasteiger partial charge in [0.2, 0.25) is 0 Å². The van der Waals surface area contributed by atoms with Crippen molar-refractivity contribution in [3.05, 3.63) is 48.3 Å². The molecule has 4 rings (SSSR count). The maximum Gasteiger partial charge on any atom is 0.416 e. The number of hydrogen-bond donors (Lipinski definition) is 1. The number of anilines is 1. The molecule has 0 unspecified atom stereocenters. The lowest BCUT2D eigenvalue weighted by molar-refractivity contribution is -0.137. The van der Waals surface area contributed by atoms with Crippen molar-refractivity contribution in [3.8, 4) is 11.3 Å². The third-order valence-electron chi connectivity index (χ3n) is 4.62. The molecule has 3 aromatic rings. The van der Waals surface area contributed by atoms with E-state index in [9.17, 15) is 18.3 Å². The number of benzene rings is 1. The first-order chi connectivity index (χ1) is 12.4. The number of rotatable bonds is 2. The van der Waals surface area contributed by atoms with Gasteiger partial charge in [-0.05, 0) is 31.0 Å². The van der Waals surface area contributed by atoms with Gasteiger partial charge in [0.15, 0.2) is 5.82 Å². The van der Waals surface area contributed by atoms with Gasteiger partial charge in [-0.2, -0.15) is 18.3 Å². The topological polar surface area (TPSA) is 53.7 Å². The van der Waals surface area contributed by atoms with E-state index >= 15 is 0 Å². The fourth-order valence-electron chi connectivity index (χ4n) is 3.23. The summed E-state index contributed by atoms with van der Waals surface area (Å²) in [7, 11) is 0. The number of hydrogen-bond acceptors (Lipinski definition) is 4. The Morgan fingerprint density at radius 1 is 1.12 bits per heavy atom. The molecule has 1 aliphatic heterocycles. The lowest BCUT2D eigenvalue weighted by Crippen LogP contribution is -2.36. The summed E-state index contributed by atoms with van der Waals surface area (Å²) in [4.78, 5) is 6.49. The molecule has 1 aliphatic rings. The standard InChI is InChI=1S/C18H17F3N4O/c19-18(20,21)13-3-1-2-12(10-13)15-11-16-17(22-6-9-25(16)23-15)24-7-4-14(26)5-8-24/h1-3,6,9-11,14,26H,4-5,7-8H2. The number of aromatic nitrogens is 3. The minimum absolute atomic E-state index is 0.295. The van der Waals surface area contributed by atoms with Crippen LogP contribution in [0.15, 0.2) is 42.7 Å². The molecule has 1 fully saturated rings. The zero-order valence-electron chi connectivity index (χ0n) is 13.8. The Labute approximate surface area is 147 Å². The van der Waals surface area contributed by atoms with Crippen molar-refractivity contribution >= 4 is 11.3 Å². The molecule has 0 amide bonds. The quantitative estimate of drug-likeness (QED) is 0.759. The fourth-order valence-corrected chi connectivity index (χ4v) is 3.23. The first-order valence-corrected chi connectivity index (χ1v) is 8.37. The largest absolute Gasteiger partial charge is 0.416 e. The lowest BCUT2D eigenvalue weighted by atomic mass is 10.1. The first-order valence-electron chi connectivity index (χ1n) is 8.37. The first kappa shape index (κ1) is 16.8. The van der Waals surface area contributed by atoms with Gasteiger partial charge in [-0.1, -0.05) is 12.1 Å². The second-order valence-corrected chi connectivity index (χ2v) is 6.41. The predicted octanol–water partition coefficient (Wildman–Crippen LogP) is 3.38. The zero-order chi connectivity index (χ0) is 18.3. The zero-order valence-corrected chi connectivity index (χ0v) is 13.8. The maximum atomic E-state index is 13.0. The molecule has 0 atom stereocenters. The summed E-state index contributed by atoms with van der Waals surface area (Å²) in [5, 5.41) is 14.1. The second kappa shape index (κ2) is 6.28. The third-order valence-corrected chi connectivity index (χ3v) is 4.62. The molecular formula is C18H17F3N4O. The van der Waals surface area contributed by atoms with E-state index in [1.165, 1.54) is 6.07 Å². The number of halogens is 3. The minimum atomic E-state index is -4.39. The summed E-state index contributed by atoms with van der Waals surface area (Å²) in [6, 6.07) is 6.90. The number of aliphatic hydroxyl groups is 1. The Bertz CT molecular complexity index is 930. The summed E-state index contributed by atoms with van der Waals surface area (Å²) in [6.45, 7) is 1.36. The van der Waals surface area contributed by atoms with Gasteiger partial charge < -0.3 is 10.0 Å². The molecule has 2 aromatic heterocycles. The molecule has 0 saturated carbocycles. The van der Waals surface area contributed by atoms with Crippen molar-refractivity contribution in [2.24, 2.45) is 0 Å². The van der Waals surface area contributed by atoms with E-state index < -0.39 is 11.7 Å². The highest BCUT2D eigenvalue weighted by molar-refractivity contribution is 5.75. The Hall–Kier alpha value is -2.61. The van der Waals surface area contributed by atoms with Crippen LogP contribution in [0.1, 0.15) is 18.4 Å². The monoisotopic (exact) mass is 362 g/mol. The molecular weight excluding hydrogens is 345 g/mol. The summed E-state index contributed by atoms with van der Waals surface area (Å²) in [5.74, 6) is 0.727. The number of fused-ring (bicyclic) bond motifs is 1. The van der Waals surface area contributed by atoms with E-state index in [4.69, 9.17) is 0 Å². The van der Waals surface area contributed by atoms with Gasteiger partial charge in [0, 0.05) is 31.0 Å². The van der Waals surface area contributed by atoms with Gasteiger partial charge in [0.25, 0.3) is 0 Å². The summed E-state index contributed by atoms with van der Waals surface area (Å²) in [6.07, 6.45) is -0.0625. The average Bonchev–Trinajstić information content (AvgIpc) is 3.06. The van der Waals surface area contributed by atoms with Gasteiger partial charge in [0.05, 0.1) is 17.4 Å². The van der Waals surface area contributed by atoms with Crippen LogP contribution >= 0.6 is 0 Å². The normalized spacial score (nSPS) is 16.4. The molecule has 26 heavy (non-hydrogen) atoms. The Balaban J connectivity index is 1.74. The predicted molar refractivity (Wildman–Crippen MR) is 90.9 cm³/mol. The van der Waals surface area contributed by atoms with E-state index in [0.29, 0.717) is 37.2 Å². The van der Waals surface area contributed by atoms with Crippen molar-refractivity contribution < 1.29 is 18.3 Å². The molecule has 3 heterocycles. The maximum absolute atomic E-state index is 13.0. The van der Waals surface area contributed by atoms with Crippen molar-refractivity contribution in [1.82, 2.24) is 14.6 Å². The summed E-state index contributed by atoms with van der Waals surface area (Å²) in [5.41, 5.74) is 0.901. The Kier molecular flexibility index (Phi) is 4.07. The van der Waals surface area contributed by atoms with Crippen LogP contribution in [0.5, 0.6) is 0 Å². The van der Waals surface area contributed by atoms with E-state index in [1.807, 2.05) is 0 Å². The average molecular weight is 362 g/mol. The van der Waals surface area contributed by atoms with Crippen molar-refractivity contribution in [3.63, 3.8) is 0 Å². The summed E-state index contributed by atoms with van der Waals surface area (Å²) >= 11 is 0. The summed E-state index contributed by atoms with van der Waals surface area (Å²) < 4.78 is 40.5. The minimum Gasteiger partial charge on any atom is -0.393 e. The number of aliphatic hydroxyl groups excluding tert-OH is 1. The van der Waals surface area contributed by atoms with E-state index in [2.05, 4.69) is 15.0 Å². The molecule has 0 bridgehead atoms. The SMILES string of the molecule is OC1CCN(c2nccn3nc(-c4cccc(C(F)(F)F)c4)cc23)CC1. The molecule has 1 saturated heterocycles. The van der Waals surface area contributed by atoms with Crippen molar-refractivity contribution in [2.45, 2.75) is 25.1 Å². The van der Waals surface area contributed by atoms with Crippen LogP contribution in [0.3, 0.4) is 0 Å². The van der Waals surface area contributed by atoms with E-state index in [1.54, 1.807) is 29.0 Å². The van der Waals surface area contributed by atoms with Crippen molar-refractivity contribution in [2.75, 3.05) is 18.0 Å². The third kappa shape index (κ3) is 3.12. The highest BCUT2D eigenvalue weighted by Gasteiger charge is 2.30. The molecule has 1 aromatic carbocycles. The molecule has 0 aliphatic carbocycles. The number of piperidine rings is 1. The fraction of sp³-hybridized carbons (Fsp3) is 0.333. The highest BCUT2D eigenvalue weighted by atomic mass is 19.4.